The van der Waals surface area contributed by atoms with Gasteiger partial charge in [0.15, 0.2) is 0 Å². The van der Waals surface area contributed by atoms with E-state index in [1.54, 1.807) is 19.1 Å². The molecule has 8 heteroatoms. The number of aryl methyl sites for hydroxylation is 2. The molecule has 0 N–H and O–H groups in total. The van der Waals surface area contributed by atoms with Crippen molar-refractivity contribution in [1.82, 2.24) is 19.5 Å². The highest BCUT2D eigenvalue weighted by atomic mass is 79.9. The van der Waals surface area contributed by atoms with Gasteiger partial charge in [0.05, 0.1) is 11.4 Å². The minimum absolute atomic E-state index is 0.160. The third kappa shape index (κ3) is 5.32. The monoisotopic (exact) mass is 536 g/mol. The highest BCUT2D eigenvalue weighted by molar-refractivity contribution is 9.10. The molecule has 35 heavy (non-hydrogen) atoms. The maximum atomic E-state index is 13.3. The molecule has 2 aromatic heterocycles. The molecule has 6 nitrogen and oxygen atoms in total. The second-order valence-electron chi connectivity index (χ2n) is 9.36. The Kier molecular flexibility index (Phi) is 6.85. The van der Waals surface area contributed by atoms with Crippen LogP contribution in [0.5, 0.6) is 5.88 Å². The summed E-state index contributed by atoms with van der Waals surface area (Å²) in [5.74, 6) is 1.09. The number of rotatable bonds is 5. The van der Waals surface area contributed by atoms with Gasteiger partial charge >= 0.3 is 0 Å². The van der Waals surface area contributed by atoms with Crippen molar-refractivity contribution in [2.24, 2.45) is 0 Å². The van der Waals surface area contributed by atoms with Gasteiger partial charge in [0, 0.05) is 17.2 Å². The van der Waals surface area contributed by atoms with Crippen LogP contribution < -0.4 is 10.3 Å². The number of hydrogen-bond donors (Lipinski definition) is 0. The summed E-state index contributed by atoms with van der Waals surface area (Å²) >= 11 is 3.35. The van der Waals surface area contributed by atoms with Crippen molar-refractivity contribution in [2.75, 3.05) is 0 Å². The van der Waals surface area contributed by atoms with E-state index in [0.717, 1.165) is 28.2 Å². The van der Waals surface area contributed by atoms with Crippen molar-refractivity contribution >= 4 is 15.9 Å². The Balaban J connectivity index is 1.70. The number of benzene rings is 2. The van der Waals surface area contributed by atoms with Gasteiger partial charge in [-0.2, -0.15) is 4.98 Å². The molecule has 0 aliphatic heterocycles. The summed E-state index contributed by atoms with van der Waals surface area (Å²) in [5.41, 5.74) is 3.60. The summed E-state index contributed by atoms with van der Waals surface area (Å²) in [6, 6.07) is 13.6. The van der Waals surface area contributed by atoms with Crippen LogP contribution in [0.15, 0.2) is 64.0 Å². The fourth-order valence-corrected chi connectivity index (χ4v) is 3.98. The van der Waals surface area contributed by atoms with Crippen molar-refractivity contribution in [2.45, 2.75) is 46.6 Å². The number of hydrogen-bond acceptors (Lipinski definition) is 5. The summed E-state index contributed by atoms with van der Waals surface area (Å²) in [4.78, 5) is 27.1. The first kappa shape index (κ1) is 24.7. The first-order valence-electron chi connectivity index (χ1n) is 11.2. The topological polar surface area (TPSA) is 69.9 Å². The SMILES string of the molecule is Cc1cnc(C(C)(C)C)nc1-c1cccc(-n2c(C)nc(OCc3ccc(F)cc3)c(Br)c2=O)c1. The van der Waals surface area contributed by atoms with Gasteiger partial charge in [0.1, 0.15) is 28.5 Å². The Labute approximate surface area is 212 Å². The number of halogens is 2. The fourth-order valence-electron chi connectivity index (χ4n) is 3.60. The van der Waals surface area contributed by atoms with Crippen LogP contribution in [0.3, 0.4) is 0 Å². The fraction of sp³-hybridized carbons (Fsp3) is 0.259. The standard InChI is InChI=1S/C27H26BrFN4O2/c1-16-14-30-26(27(3,4)5)32-23(16)19-7-6-8-21(13-19)33-17(2)31-24(22(28)25(33)34)35-15-18-9-11-20(29)12-10-18/h6-14H,15H2,1-5H3. The van der Waals surface area contributed by atoms with Crippen LogP contribution >= 0.6 is 15.9 Å². The van der Waals surface area contributed by atoms with Gasteiger partial charge in [-0.15, -0.1) is 0 Å². The summed E-state index contributed by atoms with van der Waals surface area (Å²) < 4.78 is 20.6. The van der Waals surface area contributed by atoms with Crippen LogP contribution in [-0.4, -0.2) is 19.5 Å². The summed E-state index contributed by atoms with van der Waals surface area (Å²) in [5, 5.41) is 0. The normalized spacial score (nSPS) is 11.5. The Morgan fingerprint density at radius 1 is 1.06 bits per heavy atom. The first-order chi connectivity index (χ1) is 16.5. The van der Waals surface area contributed by atoms with Gasteiger partial charge in [0.25, 0.3) is 5.56 Å². The lowest BCUT2D eigenvalue weighted by atomic mass is 9.95. The van der Waals surface area contributed by atoms with Crippen molar-refractivity contribution in [3.8, 4) is 22.8 Å². The summed E-state index contributed by atoms with van der Waals surface area (Å²) in [6.07, 6.45) is 1.83. The molecule has 0 unspecified atom stereocenters. The van der Waals surface area contributed by atoms with E-state index in [0.29, 0.717) is 11.5 Å². The minimum Gasteiger partial charge on any atom is -0.472 e. The quantitative estimate of drug-likeness (QED) is 0.309. The molecular formula is C27H26BrFN4O2. The molecular weight excluding hydrogens is 511 g/mol. The minimum atomic E-state index is -0.319. The van der Waals surface area contributed by atoms with Crippen molar-refractivity contribution in [1.29, 1.82) is 0 Å². The Bertz CT molecular complexity index is 1440. The molecule has 0 aliphatic carbocycles. The lowest BCUT2D eigenvalue weighted by Gasteiger charge is -2.18. The molecule has 0 spiro atoms. The second kappa shape index (κ2) is 9.70. The third-order valence-corrected chi connectivity index (χ3v) is 6.15. The average molecular weight is 537 g/mol. The molecule has 0 aliphatic rings. The Hall–Kier alpha value is -3.39. The van der Waals surface area contributed by atoms with E-state index >= 15 is 0 Å². The lowest BCUT2D eigenvalue weighted by Crippen LogP contribution is -2.24. The first-order valence-corrected chi connectivity index (χ1v) is 11.9. The van der Waals surface area contributed by atoms with Gasteiger partial charge in [-0.05, 0) is 65.2 Å². The van der Waals surface area contributed by atoms with E-state index in [9.17, 15) is 9.18 Å². The van der Waals surface area contributed by atoms with E-state index in [2.05, 4.69) is 46.7 Å². The Morgan fingerprint density at radius 2 is 1.77 bits per heavy atom. The molecule has 0 amide bonds. The molecule has 4 rings (SSSR count). The van der Waals surface area contributed by atoms with Crippen LogP contribution in [0.1, 0.15) is 43.5 Å². The maximum Gasteiger partial charge on any atom is 0.276 e. The molecule has 180 valence electrons. The molecule has 0 radical (unpaired) electrons. The molecule has 2 aromatic carbocycles. The van der Waals surface area contributed by atoms with Crippen molar-refractivity contribution in [3.63, 3.8) is 0 Å². The molecule has 2 heterocycles. The zero-order chi connectivity index (χ0) is 25.3. The largest absolute Gasteiger partial charge is 0.472 e. The number of nitrogens with zero attached hydrogens (tertiary/aromatic N) is 4. The molecule has 0 saturated heterocycles. The van der Waals surface area contributed by atoms with Crippen molar-refractivity contribution in [3.05, 3.63) is 98.1 Å². The van der Waals surface area contributed by atoms with Gasteiger partial charge in [-0.3, -0.25) is 9.36 Å². The smallest absolute Gasteiger partial charge is 0.276 e. The predicted octanol–water partition coefficient (Wildman–Crippen LogP) is 6.08. The van der Waals surface area contributed by atoms with Gasteiger partial charge in [-0.25, -0.2) is 14.4 Å². The van der Waals surface area contributed by atoms with Gasteiger partial charge in [-0.1, -0.05) is 45.0 Å². The van der Waals surface area contributed by atoms with E-state index in [-0.39, 0.29) is 33.8 Å². The average Bonchev–Trinajstić information content (AvgIpc) is 2.81. The lowest BCUT2D eigenvalue weighted by molar-refractivity contribution is 0.289. The van der Waals surface area contributed by atoms with Crippen LogP contribution in [0, 0.1) is 19.7 Å². The summed E-state index contributed by atoms with van der Waals surface area (Å²) in [7, 11) is 0. The summed E-state index contributed by atoms with van der Waals surface area (Å²) in [6.45, 7) is 10.1. The van der Waals surface area contributed by atoms with Crippen LogP contribution in [0.2, 0.25) is 0 Å². The van der Waals surface area contributed by atoms with E-state index in [4.69, 9.17) is 9.72 Å². The van der Waals surface area contributed by atoms with Gasteiger partial charge in [0.2, 0.25) is 5.88 Å². The highest BCUT2D eigenvalue weighted by Gasteiger charge is 2.20. The van der Waals surface area contributed by atoms with Crippen LogP contribution in [-0.2, 0) is 12.0 Å². The highest BCUT2D eigenvalue weighted by Crippen LogP contribution is 2.27. The zero-order valence-corrected chi connectivity index (χ0v) is 21.9. The second-order valence-corrected chi connectivity index (χ2v) is 10.2. The number of ether oxygens (including phenoxy) is 1. The molecule has 0 saturated carbocycles. The molecule has 0 atom stereocenters. The third-order valence-electron chi connectivity index (χ3n) is 5.47. The maximum absolute atomic E-state index is 13.3. The van der Waals surface area contributed by atoms with Crippen LogP contribution in [0.25, 0.3) is 16.9 Å². The molecule has 4 aromatic rings. The van der Waals surface area contributed by atoms with Crippen molar-refractivity contribution < 1.29 is 9.13 Å². The van der Waals surface area contributed by atoms with Crippen LogP contribution in [0.4, 0.5) is 4.39 Å². The molecule has 0 bridgehead atoms. The van der Waals surface area contributed by atoms with E-state index < -0.39 is 0 Å². The number of aromatic nitrogens is 4. The zero-order valence-electron chi connectivity index (χ0n) is 20.3. The predicted molar refractivity (Wildman–Crippen MR) is 137 cm³/mol. The van der Waals surface area contributed by atoms with E-state index in [1.165, 1.54) is 16.7 Å². The van der Waals surface area contributed by atoms with Gasteiger partial charge < -0.3 is 4.74 Å². The Morgan fingerprint density at radius 3 is 2.46 bits per heavy atom. The van der Waals surface area contributed by atoms with E-state index in [1.807, 2.05) is 37.4 Å². The molecule has 0 fully saturated rings.